The number of halogens is 1. The van der Waals surface area contributed by atoms with E-state index in [2.05, 4.69) is 15.3 Å². The number of pyridine rings is 1. The van der Waals surface area contributed by atoms with Crippen LogP contribution in [0.1, 0.15) is 11.3 Å². The van der Waals surface area contributed by atoms with E-state index < -0.39 is 0 Å². The van der Waals surface area contributed by atoms with Gasteiger partial charge in [0.05, 0.1) is 11.4 Å². The number of aromatic nitrogens is 1. The van der Waals surface area contributed by atoms with E-state index in [9.17, 15) is 4.39 Å². The summed E-state index contributed by atoms with van der Waals surface area (Å²) in [5, 5.41) is 0. The van der Waals surface area contributed by atoms with Crippen LogP contribution in [-0.2, 0) is 13.1 Å². The topological polar surface area (TPSA) is 54.2 Å². The zero-order valence-corrected chi connectivity index (χ0v) is 10.8. The lowest BCUT2D eigenvalue weighted by atomic mass is 10.2. The minimum absolute atomic E-state index is 0.210. The van der Waals surface area contributed by atoms with Gasteiger partial charge >= 0.3 is 0 Å². The van der Waals surface area contributed by atoms with E-state index in [1.165, 1.54) is 6.07 Å². The van der Waals surface area contributed by atoms with Crippen LogP contribution in [0.4, 0.5) is 10.1 Å². The van der Waals surface area contributed by atoms with Gasteiger partial charge in [-0.15, -0.1) is 0 Å². The van der Waals surface area contributed by atoms with Crippen LogP contribution in [0.5, 0.6) is 0 Å². The number of hydrogen-bond acceptors (Lipinski definition) is 4. The Hall–Kier alpha value is -1.98. The Morgan fingerprint density at radius 1 is 1.26 bits per heavy atom. The summed E-state index contributed by atoms with van der Waals surface area (Å²) in [6.45, 7) is 1.34. The predicted molar refractivity (Wildman–Crippen MR) is 73.6 cm³/mol. The second-order valence-electron chi connectivity index (χ2n) is 4.48. The zero-order chi connectivity index (χ0) is 13.7. The summed E-state index contributed by atoms with van der Waals surface area (Å²) < 4.78 is 13.1. The highest BCUT2D eigenvalue weighted by Crippen LogP contribution is 2.11. The van der Waals surface area contributed by atoms with Crippen molar-refractivity contribution in [2.45, 2.75) is 13.1 Å². The van der Waals surface area contributed by atoms with Crippen molar-refractivity contribution in [2.24, 2.45) is 5.84 Å². The summed E-state index contributed by atoms with van der Waals surface area (Å²) >= 11 is 0. The average molecular weight is 260 g/mol. The summed E-state index contributed by atoms with van der Waals surface area (Å²) in [5.74, 6) is 5.15. The molecule has 1 aromatic heterocycles. The van der Waals surface area contributed by atoms with Crippen LogP contribution < -0.4 is 11.3 Å². The molecule has 0 atom stereocenters. The highest BCUT2D eigenvalue weighted by atomic mass is 19.1. The van der Waals surface area contributed by atoms with Crippen LogP contribution in [-0.4, -0.2) is 16.9 Å². The minimum Gasteiger partial charge on any atom is -0.324 e. The predicted octanol–water partition coefficient (Wildman–Crippen LogP) is 2.14. The van der Waals surface area contributed by atoms with E-state index in [1.54, 1.807) is 24.4 Å². The Balaban J connectivity index is 1.98. The number of nitrogens with zero attached hydrogens (tertiary/aromatic N) is 2. The van der Waals surface area contributed by atoms with Gasteiger partial charge in [0.1, 0.15) is 5.82 Å². The molecule has 0 aliphatic carbocycles. The Morgan fingerprint density at radius 3 is 2.84 bits per heavy atom. The van der Waals surface area contributed by atoms with Crippen molar-refractivity contribution in [3.8, 4) is 0 Å². The fourth-order valence-electron chi connectivity index (χ4n) is 1.93. The van der Waals surface area contributed by atoms with E-state index in [-0.39, 0.29) is 5.82 Å². The maximum Gasteiger partial charge on any atom is 0.123 e. The number of nitrogen functional groups attached to an aromatic ring is 1. The van der Waals surface area contributed by atoms with E-state index >= 15 is 0 Å². The molecule has 0 aliphatic rings. The maximum absolute atomic E-state index is 13.1. The van der Waals surface area contributed by atoms with Gasteiger partial charge in [0.15, 0.2) is 0 Å². The SMILES string of the molecule is CN(Cc1cccc(F)c1)Cc1cc(NN)ccn1. The molecule has 5 heteroatoms. The zero-order valence-electron chi connectivity index (χ0n) is 10.8. The van der Waals surface area contributed by atoms with Crippen LogP contribution in [0.3, 0.4) is 0 Å². The van der Waals surface area contributed by atoms with Crippen LogP contribution >= 0.6 is 0 Å². The first kappa shape index (κ1) is 13.5. The molecule has 4 nitrogen and oxygen atoms in total. The van der Waals surface area contributed by atoms with Crippen molar-refractivity contribution in [1.29, 1.82) is 0 Å². The molecular formula is C14H17FN4. The number of anilines is 1. The second kappa shape index (κ2) is 6.26. The summed E-state index contributed by atoms with van der Waals surface area (Å²) in [5.41, 5.74) is 5.26. The summed E-state index contributed by atoms with van der Waals surface area (Å²) in [6.07, 6.45) is 1.71. The molecule has 0 fully saturated rings. The average Bonchev–Trinajstić information content (AvgIpc) is 2.38. The van der Waals surface area contributed by atoms with Crippen LogP contribution in [0.25, 0.3) is 0 Å². The van der Waals surface area contributed by atoms with Crippen LogP contribution in [0.2, 0.25) is 0 Å². The maximum atomic E-state index is 13.1. The van der Waals surface area contributed by atoms with Crippen LogP contribution in [0.15, 0.2) is 42.6 Å². The molecule has 2 rings (SSSR count). The van der Waals surface area contributed by atoms with Gasteiger partial charge in [-0.3, -0.25) is 15.7 Å². The first-order valence-corrected chi connectivity index (χ1v) is 6.02. The Kier molecular flexibility index (Phi) is 4.43. The van der Waals surface area contributed by atoms with Crippen molar-refractivity contribution >= 4 is 5.69 Å². The lowest BCUT2D eigenvalue weighted by Crippen LogP contribution is -2.18. The normalized spacial score (nSPS) is 10.7. The van der Waals surface area contributed by atoms with Crippen molar-refractivity contribution < 1.29 is 4.39 Å². The molecule has 0 amide bonds. The third kappa shape index (κ3) is 4.01. The van der Waals surface area contributed by atoms with Gasteiger partial charge < -0.3 is 5.43 Å². The summed E-state index contributed by atoms with van der Waals surface area (Å²) in [7, 11) is 1.97. The highest BCUT2D eigenvalue weighted by molar-refractivity contribution is 5.41. The molecular weight excluding hydrogens is 243 g/mol. The quantitative estimate of drug-likeness (QED) is 0.639. The van der Waals surface area contributed by atoms with E-state index in [4.69, 9.17) is 5.84 Å². The van der Waals surface area contributed by atoms with Crippen molar-refractivity contribution in [1.82, 2.24) is 9.88 Å². The Morgan fingerprint density at radius 2 is 2.11 bits per heavy atom. The molecule has 0 saturated carbocycles. The van der Waals surface area contributed by atoms with Gasteiger partial charge in [-0.2, -0.15) is 0 Å². The fraction of sp³-hybridized carbons (Fsp3) is 0.214. The van der Waals surface area contributed by atoms with E-state index in [1.807, 2.05) is 19.2 Å². The van der Waals surface area contributed by atoms with Gasteiger partial charge in [0, 0.05) is 19.3 Å². The molecule has 100 valence electrons. The molecule has 1 aromatic carbocycles. The van der Waals surface area contributed by atoms with E-state index in [0.717, 1.165) is 16.9 Å². The van der Waals surface area contributed by atoms with Crippen molar-refractivity contribution in [3.05, 3.63) is 59.7 Å². The molecule has 0 aliphatic heterocycles. The second-order valence-corrected chi connectivity index (χ2v) is 4.48. The van der Waals surface area contributed by atoms with Gasteiger partial charge in [-0.05, 0) is 36.9 Å². The standard InChI is InChI=1S/C14H17FN4/c1-19(9-11-3-2-4-12(15)7-11)10-14-8-13(18-16)5-6-17-14/h2-8H,9-10,16H2,1H3,(H,17,18). The van der Waals surface area contributed by atoms with Crippen molar-refractivity contribution in [2.75, 3.05) is 12.5 Å². The molecule has 1 heterocycles. The number of hydrogen-bond donors (Lipinski definition) is 2. The van der Waals surface area contributed by atoms with Crippen molar-refractivity contribution in [3.63, 3.8) is 0 Å². The number of benzene rings is 1. The minimum atomic E-state index is -0.210. The van der Waals surface area contributed by atoms with Crippen LogP contribution in [0, 0.1) is 5.82 Å². The number of rotatable bonds is 5. The molecule has 0 radical (unpaired) electrons. The molecule has 19 heavy (non-hydrogen) atoms. The number of nitrogens with one attached hydrogen (secondary N) is 1. The molecule has 2 aromatic rings. The lowest BCUT2D eigenvalue weighted by molar-refractivity contribution is 0.314. The smallest absolute Gasteiger partial charge is 0.123 e. The van der Waals surface area contributed by atoms with Gasteiger partial charge in [-0.1, -0.05) is 12.1 Å². The molecule has 0 saturated heterocycles. The Labute approximate surface area is 112 Å². The number of nitrogens with two attached hydrogens (primary N) is 1. The monoisotopic (exact) mass is 260 g/mol. The third-order valence-electron chi connectivity index (χ3n) is 2.76. The summed E-state index contributed by atoms with van der Waals surface area (Å²) in [6, 6.07) is 10.3. The molecule has 0 unspecified atom stereocenters. The van der Waals surface area contributed by atoms with Gasteiger partial charge in [0.2, 0.25) is 0 Å². The largest absolute Gasteiger partial charge is 0.324 e. The van der Waals surface area contributed by atoms with Gasteiger partial charge in [0.25, 0.3) is 0 Å². The van der Waals surface area contributed by atoms with E-state index in [0.29, 0.717) is 13.1 Å². The molecule has 0 bridgehead atoms. The first-order chi connectivity index (χ1) is 9.17. The highest BCUT2D eigenvalue weighted by Gasteiger charge is 2.04. The fourth-order valence-corrected chi connectivity index (χ4v) is 1.93. The first-order valence-electron chi connectivity index (χ1n) is 6.02. The number of hydrazine groups is 1. The third-order valence-corrected chi connectivity index (χ3v) is 2.76. The van der Waals surface area contributed by atoms with Gasteiger partial charge in [-0.25, -0.2) is 4.39 Å². The molecule has 3 N–H and O–H groups in total. The summed E-state index contributed by atoms with van der Waals surface area (Å²) in [4.78, 5) is 6.34. The lowest BCUT2D eigenvalue weighted by Gasteiger charge is -2.16. The Bertz CT molecular complexity index is 544. The molecule has 0 spiro atoms.